The second kappa shape index (κ2) is 4.45. The number of rotatable bonds is 4. The van der Waals surface area contributed by atoms with Gasteiger partial charge in [0.1, 0.15) is 0 Å². The molecule has 12 heavy (non-hydrogen) atoms. The molecule has 0 radical (unpaired) electrons. The molecule has 2 atom stereocenters. The van der Waals surface area contributed by atoms with E-state index in [9.17, 15) is 4.79 Å². The van der Waals surface area contributed by atoms with Crippen LogP contribution in [0.4, 0.5) is 0 Å². The molecule has 0 bridgehead atoms. The SMILES string of the molecule is CCCC(C(=O)O)C1CCOC1. The summed E-state index contributed by atoms with van der Waals surface area (Å²) in [6.45, 7) is 3.39. The van der Waals surface area contributed by atoms with Gasteiger partial charge in [-0.3, -0.25) is 4.79 Å². The van der Waals surface area contributed by atoms with Gasteiger partial charge in [-0.15, -0.1) is 0 Å². The summed E-state index contributed by atoms with van der Waals surface area (Å²) in [5.41, 5.74) is 0. The third-order valence-corrected chi connectivity index (χ3v) is 2.45. The van der Waals surface area contributed by atoms with E-state index in [2.05, 4.69) is 0 Å². The van der Waals surface area contributed by atoms with Crippen LogP contribution in [0, 0.1) is 11.8 Å². The molecule has 1 aliphatic heterocycles. The Bertz CT molecular complexity index is 150. The topological polar surface area (TPSA) is 46.5 Å². The van der Waals surface area contributed by atoms with E-state index < -0.39 is 5.97 Å². The zero-order valence-electron chi connectivity index (χ0n) is 7.45. The normalized spacial score (nSPS) is 25.6. The highest BCUT2D eigenvalue weighted by Gasteiger charge is 2.30. The van der Waals surface area contributed by atoms with Crippen LogP contribution in [0.2, 0.25) is 0 Å². The van der Waals surface area contributed by atoms with Crippen molar-refractivity contribution < 1.29 is 14.6 Å². The molecule has 1 heterocycles. The lowest BCUT2D eigenvalue weighted by atomic mass is 9.88. The average molecular weight is 172 g/mol. The summed E-state index contributed by atoms with van der Waals surface area (Å²) < 4.78 is 5.17. The Hall–Kier alpha value is -0.570. The summed E-state index contributed by atoms with van der Waals surface area (Å²) in [7, 11) is 0. The molecule has 0 saturated carbocycles. The van der Waals surface area contributed by atoms with Crippen molar-refractivity contribution in [3.63, 3.8) is 0 Å². The number of aliphatic carboxylic acids is 1. The molecule has 1 rings (SSSR count). The van der Waals surface area contributed by atoms with Crippen molar-refractivity contribution in [1.29, 1.82) is 0 Å². The van der Waals surface area contributed by atoms with Crippen LogP contribution in [0.5, 0.6) is 0 Å². The van der Waals surface area contributed by atoms with Gasteiger partial charge in [0.2, 0.25) is 0 Å². The minimum absolute atomic E-state index is 0.183. The summed E-state index contributed by atoms with van der Waals surface area (Å²) in [6, 6.07) is 0. The summed E-state index contributed by atoms with van der Waals surface area (Å²) in [5, 5.41) is 8.91. The summed E-state index contributed by atoms with van der Waals surface area (Å²) >= 11 is 0. The quantitative estimate of drug-likeness (QED) is 0.699. The lowest BCUT2D eigenvalue weighted by Gasteiger charge is -2.16. The molecule has 70 valence electrons. The Morgan fingerprint density at radius 3 is 2.92 bits per heavy atom. The minimum Gasteiger partial charge on any atom is -0.481 e. The number of carbonyl (C=O) groups is 1. The Morgan fingerprint density at radius 2 is 2.50 bits per heavy atom. The third kappa shape index (κ3) is 2.21. The summed E-state index contributed by atoms with van der Waals surface area (Å²) in [5.74, 6) is -0.590. The van der Waals surface area contributed by atoms with Gasteiger partial charge in [-0.1, -0.05) is 13.3 Å². The van der Waals surface area contributed by atoms with Gasteiger partial charge in [-0.25, -0.2) is 0 Å². The number of carboxylic acid groups (broad SMARTS) is 1. The highest BCUT2D eigenvalue weighted by Crippen LogP contribution is 2.25. The number of hydrogen-bond acceptors (Lipinski definition) is 2. The Kier molecular flexibility index (Phi) is 3.53. The maximum Gasteiger partial charge on any atom is 0.306 e. The molecule has 0 amide bonds. The molecule has 0 aromatic carbocycles. The van der Waals surface area contributed by atoms with Crippen LogP contribution >= 0.6 is 0 Å². The molecular weight excluding hydrogens is 156 g/mol. The van der Waals surface area contributed by atoms with Crippen LogP contribution in [0.15, 0.2) is 0 Å². The van der Waals surface area contributed by atoms with E-state index in [1.807, 2.05) is 6.92 Å². The van der Waals surface area contributed by atoms with Crippen LogP contribution < -0.4 is 0 Å². The van der Waals surface area contributed by atoms with E-state index in [-0.39, 0.29) is 11.8 Å². The first-order valence-electron chi connectivity index (χ1n) is 4.56. The predicted molar refractivity (Wildman–Crippen MR) is 45.0 cm³/mol. The van der Waals surface area contributed by atoms with Gasteiger partial charge in [0.15, 0.2) is 0 Å². The van der Waals surface area contributed by atoms with Crippen LogP contribution in [-0.4, -0.2) is 24.3 Å². The van der Waals surface area contributed by atoms with Crippen molar-refractivity contribution in [1.82, 2.24) is 0 Å². The first kappa shape index (κ1) is 9.52. The molecule has 2 unspecified atom stereocenters. The van der Waals surface area contributed by atoms with Gasteiger partial charge >= 0.3 is 5.97 Å². The number of hydrogen-bond donors (Lipinski definition) is 1. The fraction of sp³-hybridized carbons (Fsp3) is 0.889. The highest BCUT2D eigenvalue weighted by atomic mass is 16.5. The van der Waals surface area contributed by atoms with Gasteiger partial charge in [-0.2, -0.15) is 0 Å². The molecule has 1 aliphatic rings. The molecule has 1 N–H and O–H groups in total. The van der Waals surface area contributed by atoms with Gasteiger partial charge in [0, 0.05) is 6.61 Å². The van der Waals surface area contributed by atoms with Gasteiger partial charge in [0.25, 0.3) is 0 Å². The molecule has 0 aliphatic carbocycles. The standard InChI is InChI=1S/C9H16O3/c1-2-3-8(9(10)11)7-4-5-12-6-7/h7-8H,2-6H2,1H3,(H,10,11). The van der Waals surface area contributed by atoms with Crippen molar-refractivity contribution in [2.24, 2.45) is 11.8 Å². The number of carboxylic acids is 1. The molecule has 0 spiro atoms. The summed E-state index contributed by atoms with van der Waals surface area (Å²) in [6.07, 6.45) is 2.63. The van der Waals surface area contributed by atoms with E-state index in [0.29, 0.717) is 6.61 Å². The Labute approximate surface area is 72.7 Å². The van der Waals surface area contributed by atoms with Crippen LogP contribution in [0.3, 0.4) is 0 Å². The van der Waals surface area contributed by atoms with E-state index in [4.69, 9.17) is 9.84 Å². The first-order valence-corrected chi connectivity index (χ1v) is 4.56. The molecule has 1 fully saturated rings. The van der Waals surface area contributed by atoms with Crippen molar-refractivity contribution >= 4 is 5.97 Å². The first-order chi connectivity index (χ1) is 5.75. The van der Waals surface area contributed by atoms with E-state index in [1.165, 1.54) is 0 Å². The average Bonchev–Trinajstić information content (AvgIpc) is 2.51. The Morgan fingerprint density at radius 1 is 1.75 bits per heavy atom. The molecule has 3 heteroatoms. The maximum absolute atomic E-state index is 10.8. The predicted octanol–water partition coefficient (Wildman–Crippen LogP) is 1.52. The second-order valence-corrected chi connectivity index (χ2v) is 3.36. The van der Waals surface area contributed by atoms with Gasteiger partial charge < -0.3 is 9.84 Å². The van der Waals surface area contributed by atoms with E-state index >= 15 is 0 Å². The molecule has 0 aromatic rings. The third-order valence-electron chi connectivity index (χ3n) is 2.45. The largest absolute Gasteiger partial charge is 0.481 e. The minimum atomic E-state index is -0.660. The van der Waals surface area contributed by atoms with Crippen molar-refractivity contribution in [2.45, 2.75) is 26.2 Å². The molecule has 0 aromatic heterocycles. The lowest BCUT2D eigenvalue weighted by Crippen LogP contribution is -2.23. The zero-order chi connectivity index (χ0) is 8.97. The van der Waals surface area contributed by atoms with Gasteiger partial charge in [-0.05, 0) is 18.8 Å². The fourth-order valence-electron chi connectivity index (χ4n) is 1.74. The Balaban J connectivity index is 2.45. The smallest absolute Gasteiger partial charge is 0.306 e. The molecule has 1 saturated heterocycles. The second-order valence-electron chi connectivity index (χ2n) is 3.36. The summed E-state index contributed by atoms with van der Waals surface area (Å²) in [4.78, 5) is 10.8. The van der Waals surface area contributed by atoms with Crippen molar-refractivity contribution in [3.05, 3.63) is 0 Å². The molecular formula is C9H16O3. The molecule has 3 nitrogen and oxygen atoms in total. The van der Waals surface area contributed by atoms with Crippen molar-refractivity contribution in [2.75, 3.05) is 13.2 Å². The fourth-order valence-corrected chi connectivity index (χ4v) is 1.74. The van der Waals surface area contributed by atoms with E-state index in [0.717, 1.165) is 25.9 Å². The van der Waals surface area contributed by atoms with Gasteiger partial charge in [0.05, 0.1) is 12.5 Å². The lowest BCUT2D eigenvalue weighted by molar-refractivity contribution is -0.144. The van der Waals surface area contributed by atoms with Crippen molar-refractivity contribution in [3.8, 4) is 0 Å². The zero-order valence-corrected chi connectivity index (χ0v) is 7.45. The number of ether oxygens (including phenoxy) is 1. The van der Waals surface area contributed by atoms with Crippen LogP contribution in [-0.2, 0) is 9.53 Å². The maximum atomic E-state index is 10.8. The van der Waals surface area contributed by atoms with E-state index in [1.54, 1.807) is 0 Å². The van der Waals surface area contributed by atoms with Crippen LogP contribution in [0.1, 0.15) is 26.2 Å². The monoisotopic (exact) mass is 172 g/mol. The van der Waals surface area contributed by atoms with Crippen LogP contribution in [0.25, 0.3) is 0 Å². The highest BCUT2D eigenvalue weighted by molar-refractivity contribution is 5.70.